The van der Waals surface area contributed by atoms with Crippen LogP contribution in [0.5, 0.6) is 0 Å². The Balaban J connectivity index is 1.87. The predicted octanol–water partition coefficient (Wildman–Crippen LogP) is 5.11. The first-order valence-electron chi connectivity index (χ1n) is 6.91. The standard InChI is InChI=1S/C16H16BrClN2O/c1-9-5-12(6-10(2)15(9)17)19-16(21)14-7-11(18)8-20(14)13-3-4-13/h5-8,13H,3-4H2,1-2H3,(H,19,21). The highest BCUT2D eigenvalue weighted by molar-refractivity contribution is 9.10. The van der Waals surface area contributed by atoms with Crippen LogP contribution in [0.1, 0.15) is 40.5 Å². The van der Waals surface area contributed by atoms with Gasteiger partial charge in [0, 0.05) is 22.4 Å². The van der Waals surface area contributed by atoms with E-state index in [0.29, 0.717) is 16.8 Å². The maximum Gasteiger partial charge on any atom is 0.272 e. The Hall–Kier alpha value is -1.26. The van der Waals surface area contributed by atoms with E-state index in [1.807, 2.05) is 36.7 Å². The monoisotopic (exact) mass is 366 g/mol. The SMILES string of the molecule is Cc1cc(NC(=O)c2cc(Cl)cn2C2CC2)cc(C)c1Br. The van der Waals surface area contributed by atoms with E-state index in [9.17, 15) is 4.79 Å². The molecule has 1 aliphatic rings. The summed E-state index contributed by atoms with van der Waals surface area (Å²) >= 11 is 9.58. The Kier molecular flexibility index (Phi) is 3.84. The summed E-state index contributed by atoms with van der Waals surface area (Å²) in [7, 11) is 0. The van der Waals surface area contributed by atoms with E-state index < -0.39 is 0 Å². The van der Waals surface area contributed by atoms with Crippen molar-refractivity contribution in [1.29, 1.82) is 0 Å². The first-order chi connectivity index (χ1) is 9.95. The Morgan fingerprint density at radius 1 is 1.29 bits per heavy atom. The molecule has 1 fully saturated rings. The molecule has 1 aromatic carbocycles. The Morgan fingerprint density at radius 3 is 2.48 bits per heavy atom. The van der Waals surface area contributed by atoms with E-state index in [4.69, 9.17) is 11.6 Å². The molecule has 0 bridgehead atoms. The highest BCUT2D eigenvalue weighted by Crippen LogP contribution is 2.37. The molecule has 1 amide bonds. The molecular weight excluding hydrogens is 352 g/mol. The first kappa shape index (κ1) is 14.7. The van der Waals surface area contributed by atoms with Gasteiger partial charge in [0.1, 0.15) is 5.69 Å². The van der Waals surface area contributed by atoms with Gasteiger partial charge in [-0.3, -0.25) is 4.79 Å². The van der Waals surface area contributed by atoms with Gasteiger partial charge in [0.15, 0.2) is 0 Å². The molecule has 2 aromatic rings. The number of halogens is 2. The summed E-state index contributed by atoms with van der Waals surface area (Å²) in [5, 5.41) is 3.57. The zero-order valence-electron chi connectivity index (χ0n) is 11.9. The number of amides is 1. The Morgan fingerprint density at radius 2 is 1.90 bits per heavy atom. The van der Waals surface area contributed by atoms with Crippen molar-refractivity contribution in [1.82, 2.24) is 4.57 Å². The molecular formula is C16H16BrClN2O. The molecule has 1 N–H and O–H groups in total. The van der Waals surface area contributed by atoms with Crippen LogP contribution in [0.3, 0.4) is 0 Å². The predicted molar refractivity (Wildman–Crippen MR) is 89.3 cm³/mol. The van der Waals surface area contributed by atoms with Crippen LogP contribution < -0.4 is 5.32 Å². The van der Waals surface area contributed by atoms with Gasteiger partial charge in [0.2, 0.25) is 0 Å². The Labute approximate surface area is 137 Å². The van der Waals surface area contributed by atoms with Crippen molar-refractivity contribution in [2.45, 2.75) is 32.7 Å². The van der Waals surface area contributed by atoms with E-state index in [2.05, 4.69) is 21.2 Å². The fourth-order valence-electron chi connectivity index (χ4n) is 2.50. The second-order valence-electron chi connectivity index (χ2n) is 5.56. The summed E-state index contributed by atoms with van der Waals surface area (Å²) in [6.07, 6.45) is 4.07. The third kappa shape index (κ3) is 3.01. The van der Waals surface area contributed by atoms with Gasteiger partial charge in [-0.05, 0) is 56.0 Å². The summed E-state index contributed by atoms with van der Waals surface area (Å²) in [6.45, 7) is 4.02. The zero-order valence-corrected chi connectivity index (χ0v) is 14.3. The van der Waals surface area contributed by atoms with Crippen LogP contribution in [0, 0.1) is 13.8 Å². The van der Waals surface area contributed by atoms with Crippen LogP contribution >= 0.6 is 27.5 Å². The summed E-state index contributed by atoms with van der Waals surface area (Å²) in [5.74, 6) is -0.116. The van der Waals surface area contributed by atoms with Crippen LogP contribution in [0.2, 0.25) is 5.02 Å². The molecule has 1 heterocycles. The van der Waals surface area contributed by atoms with Gasteiger partial charge in [0.05, 0.1) is 5.02 Å². The molecule has 5 heteroatoms. The highest BCUT2D eigenvalue weighted by Gasteiger charge is 2.27. The summed E-state index contributed by atoms with van der Waals surface area (Å²) in [4.78, 5) is 12.5. The molecule has 0 saturated heterocycles. The van der Waals surface area contributed by atoms with Crippen molar-refractivity contribution in [3.05, 3.63) is 50.7 Å². The van der Waals surface area contributed by atoms with Crippen molar-refractivity contribution >= 4 is 39.1 Å². The number of hydrogen-bond donors (Lipinski definition) is 1. The molecule has 0 atom stereocenters. The van der Waals surface area contributed by atoms with Crippen molar-refractivity contribution < 1.29 is 4.79 Å². The number of hydrogen-bond acceptors (Lipinski definition) is 1. The molecule has 1 saturated carbocycles. The van der Waals surface area contributed by atoms with E-state index >= 15 is 0 Å². The molecule has 0 radical (unpaired) electrons. The number of aryl methyl sites for hydroxylation is 2. The van der Waals surface area contributed by atoms with Crippen molar-refractivity contribution in [3.8, 4) is 0 Å². The van der Waals surface area contributed by atoms with Crippen molar-refractivity contribution in [3.63, 3.8) is 0 Å². The van der Waals surface area contributed by atoms with Crippen molar-refractivity contribution in [2.75, 3.05) is 5.32 Å². The van der Waals surface area contributed by atoms with Crippen LogP contribution in [0.15, 0.2) is 28.9 Å². The minimum Gasteiger partial charge on any atom is -0.339 e. The van der Waals surface area contributed by atoms with Gasteiger partial charge in [0.25, 0.3) is 5.91 Å². The number of carbonyl (C=O) groups is 1. The van der Waals surface area contributed by atoms with Crippen LogP contribution in [0.4, 0.5) is 5.69 Å². The third-order valence-corrected chi connectivity index (χ3v) is 5.14. The van der Waals surface area contributed by atoms with Crippen LogP contribution in [0.25, 0.3) is 0 Å². The lowest BCUT2D eigenvalue weighted by molar-refractivity contribution is 0.101. The minimum absolute atomic E-state index is 0.116. The summed E-state index contributed by atoms with van der Waals surface area (Å²) < 4.78 is 3.06. The van der Waals surface area contributed by atoms with E-state index in [-0.39, 0.29) is 5.91 Å². The van der Waals surface area contributed by atoms with Crippen LogP contribution in [-0.4, -0.2) is 10.5 Å². The fourth-order valence-corrected chi connectivity index (χ4v) is 2.93. The normalized spacial score (nSPS) is 14.3. The fraction of sp³-hybridized carbons (Fsp3) is 0.312. The average molecular weight is 368 g/mol. The molecule has 1 aromatic heterocycles. The maximum absolute atomic E-state index is 12.5. The number of carbonyl (C=O) groups excluding carboxylic acids is 1. The molecule has 0 unspecified atom stereocenters. The molecule has 21 heavy (non-hydrogen) atoms. The highest BCUT2D eigenvalue weighted by atomic mass is 79.9. The minimum atomic E-state index is -0.116. The lowest BCUT2D eigenvalue weighted by atomic mass is 10.1. The van der Waals surface area contributed by atoms with Gasteiger partial charge in [-0.2, -0.15) is 0 Å². The topological polar surface area (TPSA) is 34.0 Å². The summed E-state index contributed by atoms with van der Waals surface area (Å²) in [6, 6.07) is 6.07. The van der Waals surface area contributed by atoms with Gasteiger partial charge >= 0.3 is 0 Å². The number of benzene rings is 1. The second-order valence-corrected chi connectivity index (χ2v) is 6.79. The van der Waals surface area contributed by atoms with E-state index in [0.717, 1.165) is 34.1 Å². The molecule has 1 aliphatic carbocycles. The maximum atomic E-state index is 12.5. The van der Waals surface area contributed by atoms with Crippen molar-refractivity contribution in [2.24, 2.45) is 0 Å². The zero-order chi connectivity index (χ0) is 15.1. The van der Waals surface area contributed by atoms with E-state index in [1.54, 1.807) is 6.07 Å². The largest absolute Gasteiger partial charge is 0.339 e. The third-order valence-electron chi connectivity index (χ3n) is 3.68. The first-order valence-corrected chi connectivity index (χ1v) is 8.08. The number of anilines is 1. The molecule has 0 spiro atoms. The number of nitrogens with zero attached hydrogens (tertiary/aromatic N) is 1. The quantitative estimate of drug-likeness (QED) is 0.804. The number of aromatic nitrogens is 1. The van der Waals surface area contributed by atoms with Crippen LogP contribution in [-0.2, 0) is 0 Å². The Bertz CT molecular complexity index is 696. The number of nitrogens with one attached hydrogen (secondary N) is 1. The van der Waals surface area contributed by atoms with Gasteiger partial charge in [-0.15, -0.1) is 0 Å². The van der Waals surface area contributed by atoms with Gasteiger partial charge in [-0.1, -0.05) is 27.5 Å². The number of rotatable bonds is 3. The van der Waals surface area contributed by atoms with Gasteiger partial charge < -0.3 is 9.88 Å². The lowest BCUT2D eigenvalue weighted by Crippen LogP contribution is -2.16. The molecule has 3 rings (SSSR count). The second kappa shape index (κ2) is 5.50. The average Bonchev–Trinajstić information content (AvgIpc) is 3.18. The van der Waals surface area contributed by atoms with Gasteiger partial charge in [-0.25, -0.2) is 0 Å². The molecule has 0 aliphatic heterocycles. The molecule has 3 nitrogen and oxygen atoms in total. The summed E-state index contributed by atoms with van der Waals surface area (Å²) in [5.41, 5.74) is 3.63. The lowest BCUT2D eigenvalue weighted by Gasteiger charge is -2.11. The van der Waals surface area contributed by atoms with E-state index in [1.165, 1.54) is 0 Å². The smallest absolute Gasteiger partial charge is 0.272 e. The molecule has 110 valence electrons.